The number of carbonyl (C=O) groups is 1. The molecule has 0 unspecified atom stereocenters. The van der Waals surface area contributed by atoms with Crippen LogP contribution in [0.15, 0.2) is 17.3 Å². The molecule has 202 valence electrons. The van der Waals surface area contributed by atoms with E-state index in [-0.39, 0.29) is 34.0 Å². The quantitative estimate of drug-likeness (QED) is 0.576. The van der Waals surface area contributed by atoms with Gasteiger partial charge in [0.25, 0.3) is 0 Å². The molecular formula is C28H44N2O5S. The highest BCUT2D eigenvalue weighted by Gasteiger charge is 2.62. The number of carbonyl (C=O) groups excluding carboxylic acids is 1. The molecule has 7 nitrogen and oxygen atoms in total. The van der Waals surface area contributed by atoms with Crippen LogP contribution < -0.4 is 0 Å². The molecule has 0 radical (unpaired) electrons. The number of ketones is 1. The Hall–Kier alpha value is -1.25. The summed E-state index contributed by atoms with van der Waals surface area (Å²) in [4.78, 5) is 13.7. The average molecular weight is 521 g/mol. The van der Waals surface area contributed by atoms with Crippen molar-refractivity contribution in [3.05, 3.63) is 12.4 Å². The highest BCUT2D eigenvalue weighted by molar-refractivity contribution is 7.90. The number of hydrogen-bond donors (Lipinski definition) is 1. The van der Waals surface area contributed by atoms with Gasteiger partial charge in [0.15, 0.2) is 15.6 Å². The first-order chi connectivity index (χ1) is 16.9. The Bertz CT molecular complexity index is 1100. The maximum Gasteiger partial charge on any atom is 0.178 e. The van der Waals surface area contributed by atoms with Gasteiger partial charge in [-0.15, -0.1) is 0 Å². The van der Waals surface area contributed by atoms with Crippen molar-refractivity contribution in [3.63, 3.8) is 0 Å². The first-order valence-corrected chi connectivity index (χ1v) is 15.8. The van der Waals surface area contributed by atoms with Crippen LogP contribution in [0.4, 0.5) is 0 Å². The summed E-state index contributed by atoms with van der Waals surface area (Å²) in [7, 11) is -1.53. The largest absolute Gasteiger partial charge is 0.390 e. The van der Waals surface area contributed by atoms with Gasteiger partial charge in [0.2, 0.25) is 0 Å². The number of hydrogen-bond acceptors (Lipinski definition) is 6. The zero-order valence-electron chi connectivity index (χ0n) is 22.4. The summed E-state index contributed by atoms with van der Waals surface area (Å²) in [5.74, 6) is 2.60. The smallest absolute Gasteiger partial charge is 0.178 e. The SMILES string of the molecule is COCC[C@]12CC[C@@](C)(O)C[C@H]1CC[C@H]1[C@@H]3CC[C@H](C(=O)Cn4cc(S(C)(=O)=O)cn4)[C@@]3(C)CC[C@@H]12. The van der Waals surface area contributed by atoms with Crippen LogP contribution in [0, 0.1) is 40.4 Å². The number of aromatic nitrogens is 2. The lowest BCUT2D eigenvalue weighted by Crippen LogP contribution is -2.57. The minimum Gasteiger partial charge on any atom is -0.390 e. The highest BCUT2D eigenvalue weighted by Crippen LogP contribution is 2.69. The number of rotatable bonds is 7. The molecule has 4 fully saturated rings. The van der Waals surface area contributed by atoms with E-state index in [1.165, 1.54) is 36.2 Å². The van der Waals surface area contributed by atoms with Crippen molar-refractivity contribution in [2.45, 2.75) is 95.1 Å². The Balaban J connectivity index is 1.35. The summed E-state index contributed by atoms with van der Waals surface area (Å²) >= 11 is 0. The number of Topliss-reactive ketones (excluding diaryl/α,β-unsaturated/α-hetero) is 1. The third kappa shape index (κ3) is 4.39. The van der Waals surface area contributed by atoms with Gasteiger partial charge in [0.1, 0.15) is 4.90 Å². The van der Waals surface area contributed by atoms with E-state index in [0.29, 0.717) is 23.7 Å². The van der Waals surface area contributed by atoms with Gasteiger partial charge in [0, 0.05) is 32.1 Å². The van der Waals surface area contributed by atoms with Crippen LogP contribution in [0.3, 0.4) is 0 Å². The summed E-state index contributed by atoms with van der Waals surface area (Å²) in [5, 5.41) is 15.1. The van der Waals surface area contributed by atoms with Crippen molar-refractivity contribution in [1.82, 2.24) is 9.78 Å². The molecule has 4 saturated carbocycles. The third-order valence-corrected chi connectivity index (χ3v) is 12.2. The molecule has 1 aromatic rings. The summed E-state index contributed by atoms with van der Waals surface area (Å²) in [6.07, 6.45) is 14.6. The molecule has 1 aromatic heterocycles. The predicted octanol–water partition coefficient (Wildman–Crippen LogP) is 4.28. The molecule has 0 saturated heterocycles. The molecule has 1 N–H and O–H groups in total. The van der Waals surface area contributed by atoms with Gasteiger partial charge in [-0.05, 0) is 106 Å². The Labute approximate surface area is 216 Å². The van der Waals surface area contributed by atoms with Crippen molar-refractivity contribution in [2.24, 2.45) is 40.4 Å². The summed E-state index contributed by atoms with van der Waals surface area (Å²) in [6, 6.07) is 0. The van der Waals surface area contributed by atoms with Crippen LogP contribution in [0.25, 0.3) is 0 Å². The van der Waals surface area contributed by atoms with Crippen molar-refractivity contribution < 1.29 is 23.1 Å². The van der Waals surface area contributed by atoms with Gasteiger partial charge in [-0.1, -0.05) is 6.92 Å². The number of methoxy groups -OCH3 is 1. The lowest BCUT2D eigenvalue weighted by molar-refractivity contribution is -0.163. The zero-order valence-corrected chi connectivity index (χ0v) is 23.2. The van der Waals surface area contributed by atoms with Gasteiger partial charge in [-0.2, -0.15) is 5.10 Å². The van der Waals surface area contributed by atoms with Crippen molar-refractivity contribution in [3.8, 4) is 0 Å². The summed E-state index contributed by atoms with van der Waals surface area (Å²) < 4.78 is 30.8. The average Bonchev–Trinajstić information content (AvgIpc) is 3.41. The molecule has 8 heteroatoms. The minimum atomic E-state index is -3.33. The maximum atomic E-state index is 13.5. The standard InChI is InChI=1S/C28H44N2O5S/c1-26(32)11-12-28(13-14-35-3)19(15-26)5-6-21-22-7-8-24(27(22,2)10-9-23(21)28)25(31)18-30-17-20(16-29-30)36(4,33)34/h16-17,19,21-24,32H,5-15,18H2,1-4H3/t19-,21+,22+,23+,24-,26-,27+,28-/m1/s1. The molecule has 5 rings (SSSR count). The van der Waals surface area contributed by atoms with Gasteiger partial charge in [0.05, 0.1) is 18.3 Å². The fraction of sp³-hybridized carbons (Fsp3) is 0.857. The topological polar surface area (TPSA) is 98.5 Å². The van der Waals surface area contributed by atoms with Crippen LogP contribution in [0.1, 0.15) is 78.1 Å². The van der Waals surface area contributed by atoms with Gasteiger partial charge in [-0.25, -0.2) is 8.42 Å². The third-order valence-electron chi connectivity index (χ3n) is 11.2. The van der Waals surface area contributed by atoms with Crippen molar-refractivity contribution >= 4 is 15.6 Å². The number of ether oxygens (including phenoxy) is 1. The zero-order chi connectivity index (χ0) is 25.9. The Morgan fingerprint density at radius 2 is 1.92 bits per heavy atom. The number of fused-ring (bicyclic) bond motifs is 5. The Morgan fingerprint density at radius 1 is 1.14 bits per heavy atom. The second kappa shape index (κ2) is 9.19. The fourth-order valence-corrected chi connectivity index (χ4v) is 10.00. The highest BCUT2D eigenvalue weighted by atomic mass is 32.2. The van der Waals surface area contributed by atoms with E-state index in [1.54, 1.807) is 7.11 Å². The second-order valence-electron chi connectivity index (χ2n) is 13.1. The van der Waals surface area contributed by atoms with Crippen LogP contribution in [0.5, 0.6) is 0 Å². The van der Waals surface area contributed by atoms with E-state index in [9.17, 15) is 18.3 Å². The summed E-state index contributed by atoms with van der Waals surface area (Å²) in [6.45, 7) is 5.30. The first-order valence-electron chi connectivity index (χ1n) is 13.9. The molecule has 1 heterocycles. The molecule has 4 aliphatic rings. The number of sulfone groups is 1. The van der Waals surface area contributed by atoms with Gasteiger partial charge < -0.3 is 9.84 Å². The predicted molar refractivity (Wildman–Crippen MR) is 137 cm³/mol. The second-order valence-corrected chi connectivity index (χ2v) is 15.1. The molecule has 36 heavy (non-hydrogen) atoms. The molecule has 0 bridgehead atoms. The molecule has 0 aliphatic heterocycles. The summed E-state index contributed by atoms with van der Waals surface area (Å²) in [5.41, 5.74) is -0.298. The lowest BCUT2D eigenvalue weighted by atomic mass is 9.42. The fourth-order valence-electron chi connectivity index (χ4n) is 9.45. The van der Waals surface area contributed by atoms with E-state index in [2.05, 4.69) is 12.0 Å². The van der Waals surface area contributed by atoms with Crippen LogP contribution in [-0.2, 0) is 25.9 Å². The maximum absolute atomic E-state index is 13.5. The van der Waals surface area contributed by atoms with Gasteiger partial charge >= 0.3 is 0 Å². The van der Waals surface area contributed by atoms with E-state index in [1.807, 2.05) is 6.92 Å². The normalized spacial score (nSPS) is 42.4. The van der Waals surface area contributed by atoms with E-state index < -0.39 is 15.4 Å². The van der Waals surface area contributed by atoms with Crippen LogP contribution in [0.2, 0.25) is 0 Å². The number of nitrogens with zero attached hydrogens (tertiary/aromatic N) is 2. The van der Waals surface area contributed by atoms with E-state index >= 15 is 0 Å². The molecule has 4 aliphatic carbocycles. The molecule has 0 amide bonds. The molecule has 8 atom stereocenters. The van der Waals surface area contributed by atoms with Gasteiger partial charge in [-0.3, -0.25) is 9.48 Å². The first kappa shape index (κ1) is 26.4. The van der Waals surface area contributed by atoms with Crippen molar-refractivity contribution in [2.75, 3.05) is 20.0 Å². The monoisotopic (exact) mass is 520 g/mol. The van der Waals surface area contributed by atoms with Crippen molar-refractivity contribution in [1.29, 1.82) is 0 Å². The molecular weight excluding hydrogens is 476 g/mol. The minimum absolute atomic E-state index is 0.000504. The Morgan fingerprint density at radius 3 is 2.61 bits per heavy atom. The van der Waals surface area contributed by atoms with E-state index in [0.717, 1.165) is 58.0 Å². The lowest BCUT2D eigenvalue weighted by Gasteiger charge is -2.63. The molecule has 0 aromatic carbocycles. The van der Waals surface area contributed by atoms with E-state index in [4.69, 9.17) is 4.74 Å². The Kier molecular flexibility index (Phi) is 6.73. The number of aliphatic hydroxyl groups is 1. The van der Waals surface area contributed by atoms with Crippen LogP contribution >= 0.6 is 0 Å². The molecule has 0 spiro atoms. The van der Waals surface area contributed by atoms with Crippen LogP contribution in [-0.4, -0.2) is 54.7 Å².